The fraction of sp³-hybridized carbons (Fsp3) is 0.889. The molecule has 1 aliphatic heterocycles. The van der Waals surface area contributed by atoms with Crippen LogP contribution >= 0.6 is 31.9 Å². The largest absolute Gasteiger partial charge is 0.453 e. The summed E-state index contributed by atoms with van der Waals surface area (Å²) in [5, 5.41) is 0. The zero-order valence-corrected chi connectivity index (χ0v) is 11.1. The van der Waals surface area contributed by atoms with Crippen LogP contribution in [0.3, 0.4) is 0 Å². The number of hydrogen-bond acceptors (Lipinski definition) is 2. The monoisotopic (exact) mass is 325 g/mol. The molecule has 1 amide bonds. The number of halogens is 2. The molecule has 3 nitrogen and oxygen atoms in total. The van der Waals surface area contributed by atoms with Gasteiger partial charge in [0.2, 0.25) is 0 Å². The number of ether oxygens (including phenoxy) is 1. The molecule has 0 spiro atoms. The zero-order chi connectivity index (χ0) is 10.3. The summed E-state index contributed by atoms with van der Waals surface area (Å²) in [5.41, 5.74) is 0. The predicted molar refractivity (Wildman–Crippen MR) is 61.1 cm³/mol. The molecule has 5 heteroatoms. The van der Waals surface area contributed by atoms with Crippen molar-refractivity contribution in [1.82, 2.24) is 4.90 Å². The predicted octanol–water partition coefficient (Wildman–Crippen LogP) is 2.37. The molecule has 0 radical (unpaired) electrons. The van der Waals surface area contributed by atoms with Gasteiger partial charge in [0.05, 0.1) is 7.11 Å². The van der Waals surface area contributed by atoms with Crippen molar-refractivity contribution in [3.8, 4) is 0 Å². The van der Waals surface area contributed by atoms with Crippen molar-refractivity contribution in [2.45, 2.75) is 28.5 Å². The summed E-state index contributed by atoms with van der Waals surface area (Å²) in [4.78, 5) is 14.2. The van der Waals surface area contributed by atoms with Crippen LogP contribution in [0.15, 0.2) is 0 Å². The van der Waals surface area contributed by atoms with Crippen molar-refractivity contribution in [2.75, 3.05) is 13.7 Å². The first-order chi connectivity index (χ1) is 6.63. The maximum Gasteiger partial charge on any atom is 0.409 e. The maximum absolute atomic E-state index is 11.3. The lowest BCUT2D eigenvalue weighted by Crippen LogP contribution is -2.62. The van der Waals surface area contributed by atoms with Gasteiger partial charge in [-0.25, -0.2) is 4.79 Å². The van der Waals surface area contributed by atoms with Crippen LogP contribution in [0, 0.1) is 5.92 Å². The van der Waals surface area contributed by atoms with Crippen LogP contribution < -0.4 is 0 Å². The molecular weight excluding hydrogens is 314 g/mol. The SMILES string of the molecule is COC(=O)N1C[C@@H]2C[C@H](Br)[C@H](Br)C[C@H]21. The van der Waals surface area contributed by atoms with Gasteiger partial charge in [0.15, 0.2) is 0 Å². The number of fused-ring (bicyclic) bond motifs is 1. The molecule has 1 heterocycles. The van der Waals surface area contributed by atoms with Crippen LogP contribution in [-0.2, 0) is 4.74 Å². The van der Waals surface area contributed by atoms with Crippen LogP contribution in [0.25, 0.3) is 0 Å². The van der Waals surface area contributed by atoms with Gasteiger partial charge < -0.3 is 9.64 Å². The number of amides is 1. The second kappa shape index (κ2) is 4.00. The molecule has 1 saturated heterocycles. The third-order valence-corrected chi connectivity index (χ3v) is 5.91. The van der Waals surface area contributed by atoms with Gasteiger partial charge in [0, 0.05) is 22.2 Å². The molecule has 4 atom stereocenters. The van der Waals surface area contributed by atoms with Crippen LogP contribution in [0.2, 0.25) is 0 Å². The van der Waals surface area contributed by atoms with E-state index in [1.165, 1.54) is 7.11 Å². The van der Waals surface area contributed by atoms with Crippen molar-refractivity contribution in [3.05, 3.63) is 0 Å². The minimum Gasteiger partial charge on any atom is -0.453 e. The molecule has 0 aromatic rings. The van der Waals surface area contributed by atoms with E-state index in [0.29, 0.717) is 21.6 Å². The number of rotatable bonds is 0. The van der Waals surface area contributed by atoms with Crippen molar-refractivity contribution >= 4 is 38.0 Å². The quantitative estimate of drug-likeness (QED) is 0.640. The molecule has 0 N–H and O–H groups in total. The van der Waals surface area contributed by atoms with E-state index in [0.717, 1.165) is 19.4 Å². The Kier molecular flexibility index (Phi) is 3.07. The van der Waals surface area contributed by atoms with E-state index in [2.05, 4.69) is 31.9 Å². The van der Waals surface area contributed by atoms with Gasteiger partial charge in [0.25, 0.3) is 0 Å². The molecule has 80 valence electrons. The summed E-state index contributed by atoms with van der Waals surface area (Å²) in [5.74, 6) is 0.660. The lowest BCUT2D eigenvalue weighted by molar-refractivity contribution is -0.00401. The van der Waals surface area contributed by atoms with Crippen molar-refractivity contribution in [1.29, 1.82) is 0 Å². The first kappa shape index (κ1) is 10.7. The highest BCUT2D eigenvalue weighted by atomic mass is 79.9. The van der Waals surface area contributed by atoms with E-state index < -0.39 is 0 Å². The van der Waals surface area contributed by atoms with Crippen molar-refractivity contribution in [3.63, 3.8) is 0 Å². The number of carbonyl (C=O) groups excluding carboxylic acids is 1. The van der Waals surface area contributed by atoms with E-state index in [9.17, 15) is 4.79 Å². The molecule has 0 bridgehead atoms. The highest BCUT2D eigenvalue weighted by molar-refractivity contribution is 9.12. The van der Waals surface area contributed by atoms with Gasteiger partial charge in [-0.05, 0) is 18.8 Å². The number of nitrogens with zero attached hydrogens (tertiary/aromatic N) is 1. The average molecular weight is 327 g/mol. The Morgan fingerprint density at radius 1 is 1.36 bits per heavy atom. The highest BCUT2D eigenvalue weighted by Crippen LogP contribution is 2.42. The summed E-state index contributed by atoms with van der Waals surface area (Å²) >= 11 is 7.28. The number of methoxy groups -OCH3 is 1. The second-order valence-electron chi connectivity index (χ2n) is 3.95. The molecule has 2 rings (SSSR count). The highest BCUT2D eigenvalue weighted by Gasteiger charge is 2.47. The number of carbonyl (C=O) groups is 1. The summed E-state index contributed by atoms with van der Waals surface area (Å²) in [6.45, 7) is 0.860. The van der Waals surface area contributed by atoms with Crippen LogP contribution in [0.4, 0.5) is 4.79 Å². The van der Waals surface area contributed by atoms with Gasteiger partial charge >= 0.3 is 6.09 Å². The minimum atomic E-state index is -0.182. The molecular formula is C9H13Br2NO2. The van der Waals surface area contributed by atoms with Crippen LogP contribution in [0.5, 0.6) is 0 Å². The molecule has 2 fully saturated rings. The van der Waals surface area contributed by atoms with Gasteiger partial charge in [0.1, 0.15) is 0 Å². The third kappa shape index (κ3) is 1.69. The molecule has 2 aliphatic rings. The Morgan fingerprint density at radius 2 is 2.00 bits per heavy atom. The Labute approximate surface area is 100 Å². The fourth-order valence-corrected chi connectivity index (χ4v) is 3.61. The average Bonchev–Trinajstić information content (AvgIpc) is 2.16. The van der Waals surface area contributed by atoms with Gasteiger partial charge in [-0.3, -0.25) is 0 Å². The first-order valence-electron chi connectivity index (χ1n) is 4.76. The second-order valence-corrected chi connectivity index (χ2v) is 6.31. The van der Waals surface area contributed by atoms with Crippen molar-refractivity contribution in [2.24, 2.45) is 5.92 Å². The standard InChI is InChI=1S/C9H13Br2NO2/c1-14-9(13)12-4-5-2-6(10)7(11)3-8(5)12/h5-8H,2-4H2,1H3/t5-,6-,7+,8+/m0/s1. The topological polar surface area (TPSA) is 29.5 Å². The van der Waals surface area contributed by atoms with Crippen LogP contribution in [-0.4, -0.2) is 40.3 Å². The molecule has 0 aromatic carbocycles. The van der Waals surface area contributed by atoms with E-state index in [-0.39, 0.29) is 6.09 Å². The molecule has 0 unspecified atom stereocenters. The van der Waals surface area contributed by atoms with Crippen LogP contribution in [0.1, 0.15) is 12.8 Å². The molecule has 14 heavy (non-hydrogen) atoms. The van der Waals surface area contributed by atoms with Gasteiger partial charge in [-0.1, -0.05) is 31.9 Å². The van der Waals surface area contributed by atoms with Gasteiger partial charge in [-0.15, -0.1) is 0 Å². The smallest absolute Gasteiger partial charge is 0.409 e. The Morgan fingerprint density at radius 3 is 2.64 bits per heavy atom. The Bertz CT molecular complexity index is 249. The van der Waals surface area contributed by atoms with E-state index >= 15 is 0 Å². The van der Waals surface area contributed by atoms with Crippen molar-refractivity contribution < 1.29 is 9.53 Å². The maximum atomic E-state index is 11.3. The van der Waals surface area contributed by atoms with E-state index in [1.54, 1.807) is 0 Å². The summed E-state index contributed by atoms with van der Waals surface area (Å²) in [7, 11) is 1.44. The summed E-state index contributed by atoms with van der Waals surface area (Å²) in [6.07, 6.45) is 1.99. The number of hydrogen-bond donors (Lipinski definition) is 0. The lowest BCUT2D eigenvalue weighted by Gasteiger charge is -2.52. The summed E-state index contributed by atoms with van der Waals surface area (Å²) < 4.78 is 4.73. The first-order valence-corrected chi connectivity index (χ1v) is 6.59. The third-order valence-electron chi connectivity index (χ3n) is 3.17. The van der Waals surface area contributed by atoms with E-state index in [4.69, 9.17) is 4.74 Å². The number of alkyl halides is 2. The summed E-state index contributed by atoms with van der Waals surface area (Å²) in [6, 6.07) is 0.389. The lowest BCUT2D eigenvalue weighted by atomic mass is 9.77. The molecule has 0 aromatic heterocycles. The molecule has 1 saturated carbocycles. The number of likely N-dealkylation sites (tertiary alicyclic amines) is 1. The zero-order valence-electron chi connectivity index (χ0n) is 7.95. The minimum absolute atomic E-state index is 0.182. The van der Waals surface area contributed by atoms with E-state index in [1.807, 2.05) is 4.90 Å². The molecule has 1 aliphatic carbocycles. The van der Waals surface area contributed by atoms with Gasteiger partial charge in [-0.2, -0.15) is 0 Å². The fourth-order valence-electron chi connectivity index (χ4n) is 2.32. The Balaban J connectivity index is 1.96. The Hall–Kier alpha value is 0.230. The normalized spacial score (nSPS) is 41.2.